The van der Waals surface area contributed by atoms with Gasteiger partial charge in [0.25, 0.3) is 0 Å². The summed E-state index contributed by atoms with van der Waals surface area (Å²) in [5.41, 5.74) is 18.1. The number of hydrogen-bond acceptors (Lipinski definition) is 2. The lowest BCUT2D eigenvalue weighted by molar-refractivity contribution is 0.753. The molecule has 2 aliphatic rings. The number of rotatable bonds is 6. The first-order chi connectivity index (χ1) is 26.3. The molecule has 53 heavy (non-hydrogen) atoms. The molecule has 8 aromatic carbocycles. The van der Waals surface area contributed by atoms with Crippen LogP contribution in [0.25, 0.3) is 33.4 Å². The lowest BCUT2D eigenvalue weighted by atomic mass is 9.64. The van der Waals surface area contributed by atoms with Crippen LogP contribution in [0.2, 0.25) is 0 Å². The van der Waals surface area contributed by atoms with E-state index in [-0.39, 0.29) is 0 Å². The van der Waals surface area contributed by atoms with Crippen molar-refractivity contribution >= 4 is 23.3 Å². The van der Waals surface area contributed by atoms with Crippen LogP contribution in [0, 0.1) is 0 Å². The van der Waals surface area contributed by atoms with Gasteiger partial charge in [0.05, 0.1) is 23.3 Å². The number of benzene rings is 8. The Hall–Kier alpha value is -6.77. The van der Waals surface area contributed by atoms with Gasteiger partial charge in [-0.15, -0.1) is 0 Å². The number of anilines is 3. The minimum absolute atomic E-state index is 0.465. The maximum atomic E-state index is 4.64. The van der Waals surface area contributed by atoms with Crippen LogP contribution >= 0.6 is 0 Å². The van der Waals surface area contributed by atoms with Crippen molar-refractivity contribution in [3.63, 3.8) is 0 Å². The summed E-state index contributed by atoms with van der Waals surface area (Å²) in [6, 6.07) is 72.9. The molecule has 1 heterocycles. The van der Waals surface area contributed by atoms with Gasteiger partial charge in [0.15, 0.2) is 0 Å². The first kappa shape index (κ1) is 31.0. The van der Waals surface area contributed by atoms with E-state index in [1.54, 1.807) is 0 Å². The Labute approximate surface area is 311 Å². The Morgan fingerprint density at radius 2 is 0.906 bits per heavy atom. The fourth-order valence-electron chi connectivity index (χ4n) is 8.59. The average Bonchev–Trinajstić information content (AvgIpc) is 3.52. The normalized spacial score (nSPS) is 13.4. The Kier molecular flexibility index (Phi) is 7.47. The van der Waals surface area contributed by atoms with Gasteiger partial charge in [-0.05, 0) is 97.1 Å². The number of aliphatic imine (C=N–C) groups is 1. The van der Waals surface area contributed by atoms with E-state index in [9.17, 15) is 0 Å². The minimum Gasteiger partial charge on any atom is -0.310 e. The molecule has 2 nitrogen and oxygen atoms in total. The average molecular weight is 677 g/mol. The molecule has 1 aliphatic carbocycles. The van der Waals surface area contributed by atoms with Gasteiger partial charge in [-0.2, -0.15) is 0 Å². The molecule has 0 amide bonds. The lowest BCUT2D eigenvalue weighted by Gasteiger charge is -2.45. The number of hydrogen-bond donors (Lipinski definition) is 0. The quantitative estimate of drug-likeness (QED) is 0.160. The van der Waals surface area contributed by atoms with Crippen molar-refractivity contribution in [2.75, 3.05) is 4.90 Å². The van der Waals surface area contributed by atoms with E-state index in [0.29, 0.717) is 6.54 Å². The Morgan fingerprint density at radius 1 is 0.415 bits per heavy atom. The van der Waals surface area contributed by atoms with Gasteiger partial charge >= 0.3 is 0 Å². The third-order valence-electron chi connectivity index (χ3n) is 11.0. The highest BCUT2D eigenvalue weighted by atomic mass is 15.2. The van der Waals surface area contributed by atoms with Crippen LogP contribution in [0.5, 0.6) is 0 Å². The van der Waals surface area contributed by atoms with E-state index in [4.69, 9.17) is 0 Å². The molecule has 0 aromatic heterocycles. The van der Waals surface area contributed by atoms with E-state index >= 15 is 0 Å². The second-order valence-electron chi connectivity index (χ2n) is 13.9. The maximum Gasteiger partial charge on any atom is 0.0754 e. The molecular formula is C51H36N2. The number of para-hydroxylation sites is 3. The highest BCUT2D eigenvalue weighted by Crippen LogP contribution is 2.63. The number of fused-ring (bicyclic) bond motifs is 9. The summed E-state index contributed by atoms with van der Waals surface area (Å²) >= 11 is 0. The Bertz CT molecular complexity index is 2570. The van der Waals surface area contributed by atoms with E-state index in [0.717, 1.165) is 11.3 Å². The van der Waals surface area contributed by atoms with Crippen molar-refractivity contribution in [2.45, 2.75) is 12.0 Å². The zero-order chi connectivity index (χ0) is 35.2. The summed E-state index contributed by atoms with van der Waals surface area (Å²) in [4.78, 5) is 7.08. The molecule has 0 fully saturated rings. The van der Waals surface area contributed by atoms with Crippen LogP contribution in [0.1, 0.15) is 33.4 Å². The van der Waals surface area contributed by atoms with E-state index < -0.39 is 5.41 Å². The first-order valence-electron chi connectivity index (χ1n) is 18.3. The van der Waals surface area contributed by atoms with Gasteiger partial charge in [-0.1, -0.05) is 170 Å². The maximum absolute atomic E-state index is 4.64. The van der Waals surface area contributed by atoms with E-state index in [1.165, 1.54) is 72.6 Å². The zero-order valence-corrected chi connectivity index (χ0v) is 29.2. The van der Waals surface area contributed by atoms with Crippen LogP contribution in [-0.2, 0) is 12.0 Å². The minimum atomic E-state index is -0.465. The van der Waals surface area contributed by atoms with Crippen LogP contribution in [0.3, 0.4) is 0 Å². The van der Waals surface area contributed by atoms with Gasteiger partial charge in [0.1, 0.15) is 0 Å². The van der Waals surface area contributed by atoms with Crippen molar-refractivity contribution < 1.29 is 0 Å². The summed E-state index contributed by atoms with van der Waals surface area (Å²) in [7, 11) is 0. The highest BCUT2D eigenvalue weighted by Gasteiger charge is 2.51. The monoisotopic (exact) mass is 676 g/mol. The summed E-state index contributed by atoms with van der Waals surface area (Å²) in [6.07, 6.45) is 1.94. The third-order valence-corrected chi connectivity index (χ3v) is 11.0. The van der Waals surface area contributed by atoms with Crippen molar-refractivity contribution in [2.24, 2.45) is 4.99 Å². The first-order valence-corrected chi connectivity index (χ1v) is 18.3. The highest BCUT2D eigenvalue weighted by molar-refractivity contribution is 5.96. The lowest BCUT2D eigenvalue weighted by Crippen LogP contribution is -2.36. The molecule has 250 valence electrons. The topological polar surface area (TPSA) is 15.6 Å². The fourth-order valence-corrected chi connectivity index (χ4v) is 8.59. The van der Waals surface area contributed by atoms with Crippen molar-refractivity contribution in [3.05, 3.63) is 234 Å². The molecule has 10 rings (SSSR count). The largest absolute Gasteiger partial charge is 0.310 e. The summed E-state index contributed by atoms with van der Waals surface area (Å²) < 4.78 is 0. The molecular weight excluding hydrogens is 641 g/mol. The molecule has 0 saturated carbocycles. The molecule has 1 aliphatic heterocycles. The molecule has 0 saturated heterocycles. The molecule has 0 N–H and O–H groups in total. The number of nitrogens with zero attached hydrogens (tertiary/aromatic N) is 2. The molecule has 2 heteroatoms. The molecule has 1 spiro atoms. The predicted octanol–water partition coefficient (Wildman–Crippen LogP) is 12.8. The zero-order valence-electron chi connectivity index (χ0n) is 29.2. The Morgan fingerprint density at radius 3 is 1.57 bits per heavy atom. The van der Waals surface area contributed by atoms with Gasteiger partial charge in [0, 0.05) is 11.9 Å². The van der Waals surface area contributed by atoms with Crippen LogP contribution < -0.4 is 4.90 Å². The summed E-state index contributed by atoms with van der Waals surface area (Å²) in [6.45, 7) is 0.664. The summed E-state index contributed by atoms with van der Waals surface area (Å²) in [5.74, 6) is 0. The molecule has 0 bridgehead atoms. The van der Waals surface area contributed by atoms with E-state index in [2.05, 4.69) is 192 Å². The second-order valence-corrected chi connectivity index (χ2v) is 13.9. The third kappa shape index (κ3) is 5.06. The van der Waals surface area contributed by atoms with Crippen molar-refractivity contribution in [1.29, 1.82) is 0 Å². The Balaban J connectivity index is 1.04. The summed E-state index contributed by atoms with van der Waals surface area (Å²) in [5, 5.41) is 0. The SMILES string of the molecule is C(=NCc1ccc(-c2ccc(-c3ccc4c(c3)C3(c5ccccc5-4)c4ccccc4N(c4ccccc4)c4ccccc43)cc2)cc1)c1ccccc1. The van der Waals surface area contributed by atoms with Gasteiger partial charge < -0.3 is 4.90 Å². The van der Waals surface area contributed by atoms with Gasteiger partial charge in [-0.3, -0.25) is 4.99 Å². The molecule has 0 radical (unpaired) electrons. The second kappa shape index (κ2) is 12.8. The van der Waals surface area contributed by atoms with Crippen LogP contribution in [0.15, 0.2) is 205 Å². The van der Waals surface area contributed by atoms with Gasteiger partial charge in [-0.25, -0.2) is 0 Å². The molecule has 0 unspecified atom stereocenters. The van der Waals surface area contributed by atoms with Crippen molar-refractivity contribution in [1.82, 2.24) is 0 Å². The standard InChI is InChI=1S/C51H36N2/c1-3-13-36(14-4-1)34-52-35-37-23-25-38(26-24-37)39-27-29-40(30-28-39)41-31-32-44-43-17-7-8-18-45(43)51(48(44)33-41)46-19-9-11-21-49(46)53(42-15-5-2-6-16-42)50-22-12-10-20-47(50)51/h1-34H,35H2. The fraction of sp³-hybridized carbons (Fsp3) is 0.0392. The molecule has 0 atom stereocenters. The van der Waals surface area contributed by atoms with E-state index in [1.807, 2.05) is 24.4 Å². The predicted molar refractivity (Wildman–Crippen MR) is 221 cm³/mol. The van der Waals surface area contributed by atoms with Gasteiger partial charge in [0.2, 0.25) is 0 Å². The van der Waals surface area contributed by atoms with Crippen LogP contribution in [-0.4, -0.2) is 6.21 Å². The van der Waals surface area contributed by atoms with Crippen molar-refractivity contribution in [3.8, 4) is 33.4 Å². The molecule has 8 aromatic rings. The smallest absolute Gasteiger partial charge is 0.0754 e. The van der Waals surface area contributed by atoms with Crippen LogP contribution in [0.4, 0.5) is 17.1 Å².